The zero-order chi connectivity index (χ0) is 11.4. The number of nitrogens with one attached hydrogen (secondary N) is 1. The highest BCUT2D eigenvalue weighted by atomic mass is 15.2. The van der Waals surface area contributed by atoms with Crippen LogP contribution in [0.2, 0.25) is 0 Å². The molecule has 0 radical (unpaired) electrons. The molecule has 2 rings (SSSR count). The van der Waals surface area contributed by atoms with E-state index in [-0.39, 0.29) is 0 Å². The fourth-order valence-corrected chi connectivity index (χ4v) is 2.94. The van der Waals surface area contributed by atoms with Crippen molar-refractivity contribution < 1.29 is 0 Å². The van der Waals surface area contributed by atoms with Crippen LogP contribution in [0.3, 0.4) is 0 Å². The van der Waals surface area contributed by atoms with E-state index in [1.54, 1.807) is 0 Å². The lowest BCUT2D eigenvalue weighted by atomic mass is 9.96. The quantitative estimate of drug-likeness (QED) is 0.770. The predicted molar refractivity (Wildman–Crippen MR) is 68.7 cm³/mol. The highest BCUT2D eigenvalue weighted by Crippen LogP contribution is 2.16. The van der Waals surface area contributed by atoms with Gasteiger partial charge in [-0.25, -0.2) is 0 Å². The zero-order valence-corrected chi connectivity index (χ0v) is 10.9. The predicted octanol–water partition coefficient (Wildman–Crippen LogP) is 1.01. The first kappa shape index (κ1) is 12.3. The summed E-state index contributed by atoms with van der Waals surface area (Å²) in [6.45, 7) is 9.89. The minimum Gasteiger partial charge on any atom is -0.312 e. The molecule has 0 bridgehead atoms. The molecule has 0 aromatic carbocycles. The second kappa shape index (κ2) is 5.99. The highest BCUT2D eigenvalue weighted by Gasteiger charge is 2.22. The average molecular weight is 225 g/mol. The fraction of sp³-hybridized carbons (Fsp3) is 1.00. The Balaban J connectivity index is 1.60. The molecule has 0 amide bonds. The number of rotatable bonds is 4. The van der Waals surface area contributed by atoms with Gasteiger partial charge in [-0.05, 0) is 65.0 Å². The molecule has 0 aromatic heterocycles. The van der Waals surface area contributed by atoms with Crippen molar-refractivity contribution in [3.8, 4) is 0 Å². The molecule has 0 spiro atoms. The molecule has 0 aliphatic carbocycles. The lowest BCUT2D eigenvalue weighted by molar-refractivity contribution is 0.187. The van der Waals surface area contributed by atoms with Crippen molar-refractivity contribution >= 4 is 0 Å². The maximum absolute atomic E-state index is 3.75. The first-order valence-corrected chi connectivity index (χ1v) is 6.92. The molecule has 2 heterocycles. The number of piperidine rings is 1. The Bertz CT molecular complexity index is 199. The van der Waals surface area contributed by atoms with E-state index in [2.05, 4.69) is 29.1 Å². The van der Waals surface area contributed by atoms with Crippen molar-refractivity contribution in [3.05, 3.63) is 0 Å². The van der Waals surface area contributed by atoms with E-state index >= 15 is 0 Å². The van der Waals surface area contributed by atoms with Gasteiger partial charge in [-0.1, -0.05) is 6.92 Å². The van der Waals surface area contributed by atoms with Crippen molar-refractivity contribution in [2.75, 3.05) is 46.3 Å². The van der Waals surface area contributed by atoms with Crippen LogP contribution in [0, 0.1) is 5.92 Å². The van der Waals surface area contributed by atoms with Gasteiger partial charge in [0.15, 0.2) is 0 Å². The van der Waals surface area contributed by atoms with Gasteiger partial charge in [-0.2, -0.15) is 0 Å². The Morgan fingerprint density at radius 1 is 1.12 bits per heavy atom. The van der Waals surface area contributed by atoms with E-state index in [1.165, 1.54) is 58.5 Å². The normalized spacial score (nSPS) is 30.0. The van der Waals surface area contributed by atoms with Crippen molar-refractivity contribution in [2.24, 2.45) is 5.92 Å². The van der Waals surface area contributed by atoms with Gasteiger partial charge in [0.05, 0.1) is 0 Å². The maximum atomic E-state index is 3.75. The molecule has 1 atom stereocenters. The second-order valence-corrected chi connectivity index (χ2v) is 5.53. The van der Waals surface area contributed by atoms with Gasteiger partial charge in [0, 0.05) is 12.6 Å². The zero-order valence-electron chi connectivity index (χ0n) is 10.9. The first-order chi connectivity index (χ1) is 7.78. The molecule has 1 N–H and O–H groups in total. The first-order valence-electron chi connectivity index (χ1n) is 6.92. The third kappa shape index (κ3) is 3.44. The Hall–Kier alpha value is -0.120. The van der Waals surface area contributed by atoms with Gasteiger partial charge >= 0.3 is 0 Å². The van der Waals surface area contributed by atoms with Gasteiger partial charge < -0.3 is 15.1 Å². The highest BCUT2D eigenvalue weighted by molar-refractivity contribution is 4.81. The topological polar surface area (TPSA) is 18.5 Å². The summed E-state index contributed by atoms with van der Waals surface area (Å²) in [4.78, 5) is 5.00. The lowest BCUT2D eigenvalue weighted by Crippen LogP contribution is -2.40. The van der Waals surface area contributed by atoms with Crippen LogP contribution < -0.4 is 5.32 Å². The van der Waals surface area contributed by atoms with E-state index in [0.29, 0.717) is 0 Å². The monoisotopic (exact) mass is 225 g/mol. The summed E-state index contributed by atoms with van der Waals surface area (Å²) in [6.07, 6.45) is 4.12. The van der Waals surface area contributed by atoms with Crippen LogP contribution >= 0.6 is 0 Å². The number of nitrogens with zero attached hydrogens (tertiary/aromatic N) is 2. The molecule has 2 aliphatic rings. The standard InChI is InChI=1S/C13H27N3/c1-3-16-8-4-12(5-9-16)10-14-13-6-7-15(2)11-13/h12-14H,3-11H2,1-2H3. The molecule has 2 fully saturated rings. The van der Waals surface area contributed by atoms with Crippen molar-refractivity contribution in [1.29, 1.82) is 0 Å². The van der Waals surface area contributed by atoms with Gasteiger partial charge in [-0.3, -0.25) is 0 Å². The fourth-order valence-electron chi connectivity index (χ4n) is 2.94. The summed E-state index contributed by atoms with van der Waals surface area (Å²) in [7, 11) is 2.22. The van der Waals surface area contributed by atoms with E-state index in [9.17, 15) is 0 Å². The second-order valence-electron chi connectivity index (χ2n) is 5.53. The molecule has 0 saturated carbocycles. The van der Waals surface area contributed by atoms with E-state index < -0.39 is 0 Å². The van der Waals surface area contributed by atoms with E-state index in [4.69, 9.17) is 0 Å². The molecular weight excluding hydrogens is 198 g/mol. The van der Waals surface area contributed by atoms with Crippen LogP contribution in [0.4, 0.5) is 0 Å². The summed E-state index contributed by atoms with van der Waals surface area (Å²) in [5.74, 6) is 0.925. The van der Waals surface area contributed by atoms with Crippen LogP contribution in [0.15, 0.2) is 0 Å². The Morgan fingerprint density at radius 3 is 2.44 bits per heavy atom. The smallest absolute Gasteiger partial charge is 0.0207 e. The number of hydrogen-bond donors (Lipinski definition) is 1. The average Bonchev–Trinajstić information content (AvgIpc) is 2.73. The van der Waals surface area contributed by atoms with Crippen LogP contribution in [0.5, 0.6) is 0 Å². The molecule has 94 valence electrons. The minimum absolute atomic E-state index is 0.759. The summed E-state index contributed by atoms with van der Waals surface area (Å²) >= 11 is 0. The molecule has 16 heavy (non-hydrogen) atoms. The van der Waals surface area contributed by atoms with Crippen LogP contribution in [0.1, 0.15) is 26.2 Å². The van der Waals surface area contributed by atoms with Gasteiger partial charge in [0.25, 0.3) is 0 Å². The van der Waals surface area contributed by atoms with Crippen molar-refractivity contribution in [2.45, 2.75) is 32.2 Å². The maximum Gasteiger partial charge on any atom is 0.0207 e. The van der Waals surface area contributed by atoms with Gasteiger partial charge in [0.1, 0.15) is 0 Å². The lowest BCUT2D eigenvalue weighted by Gasteiger charge is -2.31. The molecule has 0 aromatic rings. The van der Waals surface area contributed by atoms with Crippen LogP contribution in [-0.4, -0.2) is 62.2 Å². The molecular formula is C13H27N3. The third-order valence-corrected chi connectivity index (χ3v) is 4.24. The van der Waals surface area contributed by atoms with Gasteiger partial charge in [-0.15, -0.1) is 0 Å². The Labute approximate surface area is 100 Å². The molecule has 2 aliphatic heterocycles. The number of likely N-dealkylation sites (tertiary alicyclic amines) is 2. The van der Waals surface area contributed by atoms with Crippen LogP contribution in [0.25, 0.3) is 0 Å². The van der Waals surface area contributed by atoms with Crippen molar-refractivity contribution in [1.82, 2.24) is 15.1 Å². The molecule has 3 heteroatoms. The van der Waals surface area contributed by atoms with E-state index in [1.807, 2.05) is 0 Å². The third-order valence-electron chi connectivity index (χ3n) is 4.24. The summed E-state index contributed by atoms with van der Waals surface area (Å²) < 4.78 is 0. The SMILES string of the molecule is CCN1CCC(CNC2CCN(C)C2)CC1. The molecule has 2 saturated heterocycles. The Morgan fingerprint density at radius 2 is 1.88 bits per heavy atom. The largest absolute Gasteiger partial charge is 0.312 e. The van der Waals surface area contributed by atoms with Gasteiger partial charge in [0.2, 0.25) is 0 Å². The van der Waals surface area contributed by atoms with Crippen LogP contribution in [-0.2, 0) is 0 Å². The number of hydrogen-bond acceptors (Lipinski definition) is 3. The molecule has 1 unspecified atom stereocenters. The molecule has 3 nitrogen and oxygen atoms in total. The summed E-state index contributed by atoms with van der Waals surface area (Å²) in [6, 6.07) is 0.759. The Kier molecular flexibility index (Phi) is 4.62. The minimum atomic E-state index is 0.759. The number of likely N-dealkylation sites (N-methyl/N-ethyl adjacent to an activating group) is 1. The van der Waals surface area contributed by atoms with Crippen molar-refractivity contribution in [3.63, 3.8) is 0 Å². The summed E-state index contributed by atoms with van der Waals surface area (Å²) in [5, 5.41) is 3.75. The van der Waals surface area contributed by atoms with E-state index in [0.717, 1.165) is 12.0 Å². The summed E-state index contributed by atoms with van der Waals surface area (Å²) in [5.41, 5.74) is 0.